The summed E-state index contributed by atoms with van der Waals surface area (Å²) in [6.07, 6.45) is 3.27. The van der Waals surface area contributed by atoms with Crippen molar-refractivity contribution in [3.8, 4) is 11.1 Å². The second-order valence-corrected chi connectivity index (χ2v) is 7.34. The van der Waals surface area contributed by atoms with Crippen LogP contribution in [0.2, 0.25) is 0 Å². The van der Waals surface area contributed by atoms with Crippen LogP contribution in [0.5, 0.6) is 0 Å². The van der Waals surface area contributed by atoms with Gasteiger partial charge < -0.3 is 15.5 Å². The van der Waals surface area contributed by atoms with Gasteiger partial charge in [0.05, 0.1) is 10.2 Å². The van der Waals surface area contributed by atoms with E-state index < -0.39 is 0 Å². The predicted octanol–water partition coefficient (Wildman–Crippen LogP) is 2.87. The maximum Gasteiger partial charge on any atom is 0.321 e. The number of urea groups is 1. The van der Waals surface area contributed by atoms with Crippen LogP contribution in [0.15, 0.2) is 24.5 Å². The molecule has 0 bridgehead atoms. The van der Waals surface area contributed by atoms with Gasteiger partial charge in [0, 0.05) is 56.2 Å². The number of carbonyl (C=O) groups excluding carboxylic acids is 1. The Kier molecular flexibility index (Phi) is 6.78. The lowest BCUT2D eigenvalue weighted by molar-refractivity contribution is 0.252. The molecule has 8 nitrogen and oxygen atoms in total. The zero-order valence-corrected chi connectivity index (χ0v) is 17.4. The molecule has 1 fully saturated rings. The number of nitrogens with zero attached hydrogens (tertiary/aromatic N) is 4. The molecule has 0 unspecified atom stereocenters. The Morgan fingerprint density at radius 2 is 2.00 bits per heavy atom. The summed E-state index contributed by atoms with van der Waals surface area (Å²) in [5, 5.41) is 8.99. The molecule has 0 radical (unpaired) electrons. The summed E-state index contributed by atoms with van der Waals surface area (Å²) in [6.45, 7) is 5.83. The molecule has 1 aliphatic rings. The van der Waals surface area contributed by atoms with Gasteiger partial charge in [-0.25, -0.2) is 24.1 Å². The summed E-state index contributed by atoms with van der Waals surface area (Å²) in [6, 6.07) is 2.75. The first-order valence-electron chi connectivity index (χ1n) is 9.07. The number of aromatic nitrogens is 3. The fourth-order valence-corrected chi connectivity index (χ4v) is 3.88. The monoisotopic (exact) mass is 437 g/mol. The smallest absolute Gasteiger partial charge is 0.321 e. The number of amides is 2. The van der Waals surface area contributed by atoms with E-state index in [1.165, 1.54) is 17.4 Å². The number of nitrogens with one attached hydrogen (secondary N) is 3. The van der Waals surface area contributed by atoms with Crippen LogP contribution in [-0.2, 0) is 0 Å². The molecule has 1 saturated heterocycles. The fraction of sp³-hybridized carbons (Fsp3) is 0.333. The van der Waals surface area contributed by atoms with Crippen LogP contribution in [0.25, 0.3) is 21.3 Å². The third-order valence-corrected chi connectivity index (χ3v) is 5.32. The normalized spacial score (nSPS) is 13.8. The van der Waals surface area contributed by atoms with E-state index in [1.54, 1.807) is 18.5 Å². The van der Waals surface area contributed by atoms with Crippen molar-refractivity contribution >= 4 is 51.1 Å². The van der Waals surface area contributed by atoms with Crippen molar-refractivity contribution in [1.29, 1.82) is 0 Å². The minimum Gasteiger partial charge on any atom is -0.338 e. The zero-order valence-electron chi connectivity index (χ0n) is 15.7. The molecule has 4 rings (SSSR count). The van der Waals surface area contributed by atoms with Crippen molar-refractivity contribution < 1.29 is 9.18 Å². The Morgan fingerprint density at radius 1 is 1.28 bits per heavy atom. The molecule has 3 N–H and O–H groups in total. The second kappa shape index (κ2) is 9.29. The highest BCUT2D eigenvalue weighted by Crippen LogP contribution is 2.32. The molecule has 154 valence electrons. The quantitative estimate of drug-likeness (QED) is 0.581. The first kappa shape index (κ1) is 21.2. The summed E-state index contributed by atoms with van der Waals surface area (Å²) in [5.41, 5.74) is 1.58. The Labute approximate surface area is 177 Å². The topological polar surface area (TPSA) is 95.1 Å². The minimum atomic E-state index is -0.376. The lowest BCUT2D eigenvalue weighted by Crippen LogP contribution is -2.44. The number of hydrogen-bond donors (Lipinski definition) is 3. The van der Waals surface area contributed by atoms with E-state index in [2.05, 4.69) is 35.8 Å². The number of hydrogen-bond acceptors (Lipinski definition) is 7. The van der Waals surface area contributed by atoms with Crippen LogP contribution in [0, 0.1) is 5.82 Å². The van der Waals surface area contributed by atoms with Gasteiger partial charge in [-0.05, 0) is 19.1 Å². The van der Waals surface area contributed by atoms with Crippen molar-refractivity contribution in [3.05, 3.63) is 30.3 Å². The van der Waals surface area contributed by atoms with Crippen molar-refractivity contribution in [2.75, 3.05) is 42.9 Å². The summed E-state index contributed by atoms with van der Waals surface area (Å²) in [5.74, 6) is 0.271. The average molecular weight is 438 g/mol. The van der Waals surface area contributed by atoms with Gasteiger partial charge in [-0.15, -0.1) is 12.4 Å². The third kappa shape index (κ3) is 4.72. The van der Waals surface area contributed by atoms with Crippen molar-refractivity contribution in [2.45, 2.75) is 6.92 Å². The standard InChI is InChI=1S/C18H20FN7OS.ClH/c1-2-21-17(27)25-18-24-14-7-12(13(19)8-15(14)28-18)11-9-22-16(23-10-11)26-5-3-20-4-6-26;/h7-10,20H,2-6H2,1H3,(H2,21,24,25,27);1H. The molecule has 1 aromatic carbocycles. The molecule has 0 spiro atoms. The molecule has 0 atom stereocenters. The van der Waals surface area contributed by atoms with E-state index in [0.717, 1.165) is 26.2 Å². The Bertz CT molecular complexity index is 992. The van der Waals surface area contributed by atoms with E-state index in [4.69, 9.17) is 0 Å². The Morgan fingerprint density at radius 3 is 2.69 bits per heavy atom. The van der Waals surface area contributed by atoms with Crippen molar-refractivity contribution in [1.82, 2.24) is 25.6 Å². The SMILES string of the molecule is CCNC(=O)Nc1nc2cc(-c3cnc(N4CCNCC4)nc3)c(F)cc2s1.Cl. The summed E-state index contributed by atoms with van der Waals surface area (Å²) >= 11 is 1.22. The van der Waals surface area contributed by atoms with Gasteiger partial charge >= 0.3 is 6.03 Å². The highest BCUT2D eigenvalue weighted by Gasteiger charge is 2.15. The van der Waals surface area contributed by atoms with E-state index in [1.807, 2.05) is 6.92 Å². The molecule has 11 heteroatoms. The number of anilines is 2. The van der Waals surface area contributed by atoms with Gasteiger partial charge in [0.15, 0.2) is 5.13 Å². The Hall–Kier alpha value is -2.56. The van der Waals surface area contributed by atoms with Crippen LogP contribution in [0.1, 0.15) is 6.92 Å². The van der Waals surface area contributed by atoms with E-state index in [-0.39, 0.29) is 24.3 Å². The molecule has 3 aromatic rings. The zero-order chi connectivity index (χ0) is 19.5. The number of thiazole rings is 1. The van der Waals surface area contributed by atoms with Gasteiger partial charge in [0.25, 0.3) is 0 Å². The van der Waals surface area contributed by atoms with Crippen molar-refractivity contribution in [3.63, 3.8) is 0 Å². The molecular weight excluding hydrogens is 417 g/mol. The van der Waals surface area contributed by atoms with E-state index >= 15 is 0 Å². The lowest BCUT2D eigenvalue weighted by Gasteiger charge is -2.27. The minimum absolute atomic E-state index is 0. The molecule has 2 aromatic heterocycles. The molecule has 29 heavy (non-hydrogen) atoms. The number of fused-ring (bicyclic) bond motifs is 1. The number of benzene rings is 1. The van der Waals surface area contributed by atoms with Gasteiger partial charge in [-0.3, -0.25) is 5.32 Å². The summed E-state index contributed by atoms with van der Waals surface area (Å²) < 4.78 is 15.3. The average Bonchev–Trinajstić information content (AvgIpc) is 3.09. The molecule has 1 aliphatic heterocycles. The van der Waals surface area contributed by atoms with Crippen LogP contribution in [0.3, 0.4) is 0 Å². The van der Waals surface area contributed by atoms with Gasteiger partial charge in [0.1, 0.15) is 5.82 Å². The fourth-order valence-electron chi connectivity index (χ4n) is 3.01. The molecule has 3 heterocycles. The van der Waals surface area contributed by atoms with Crippen LogP contribution >= 0.6 is 23.7 Å². The largest absolute Gasteiger partial charge is 0.338 e. The summed E-state index contributed by atoms with van der Waals surface area (Å²) in [4.78, 5) is 26.9. The third-order valence-electron chi connectivity index (χ3n) is 4.38. The highest BCUT2D eigenvalue weighted by atomic mass is 35.5. The van der Waals surface area contributed by atoms with Crippen molar-refractivity contribution in [2.24, 2.45) is 0 Å². The molecule has 0 saturated carbocycles. The molecule has 2 amide bonds. The van der Waals surface area contributed by atoms with Crippen LogP contribution < -0.4 is 20.9 Å². The predicted molar refractivity (Wildman–Crippen MR) is 116 cm³/mol. The van der Waals surface area contributed by atoms with Gasteiger partial charge in [-0.2, -0.15) is 0 Å². The van der Waals surface area contributed by atoms with E-state index in [0.29, 0.717) is 39.0 Å². The highest BCUT2D eigenvalue weighted by molar-refractivity contribution is 7.22. The van der Waals surface area contributed by atoms with Crippen LogP contribution in [0.4, 0.5) is 20.3 Å². The number of rotatable bonds is 4. The summed E-state index contributed by atoms with van der Waals surface area (Å²) in [7, 11) is 0. The molecule has 0 aliphatic carbocycles. The number of carbonyl (C=O) groups is 1. The van der Waals surface area contributed by atoms with E-state index in [9.17, 15) is 9.18 Å². The van der Waals surface area contributed by atoms with Crippen LogP contribution in [-0.4, -0.2) is 53.7 Å². The Balaban J connectivity index is 0.00000240. The first-order chi connectivity index (χ1) is 13.6. The maximum absolute atomic E-state index is 14.7. The lowest BCUT2D eigenvalue weighted by atomic mass is 10.1. The van der Waals surface area contributed by atoms with Gasteiger partial charge in [-0.1, -0.05) is 11.3 Å². The van der Waals surface area contributed by atoms with Gasteiger partial charge in [0.2, 0.25) is 5.95 Å². The molecular formula is C18H21ClFN7OS. The number of piperazine rings is 1. The second-order valence-electron chi connectivity index (χ2n) is 6.31. The number of halogens is 2. The maximum atomic E-state index is 14.7. The first-order valence-corrected chi connectivity index (χ1v) is 9.88.